The third kappa shape index (κ3) is 4.54. The molecule has 0 saturated carbocycles. The van der Waals surface area contributed by atoms with Crippen molar-refractivity contribution in [2.24, 2.45) is 0 Å². The van der Waals surface area contributed by atoms with Crippen LogP contribution in [-0.4, -0.2) is 36.9 Å². The molecule has 0 N–H and O–H groups in total. The van der Waals surface area contributed by atoms with E-state index in [1.54, 1.807) is 9.47 Å². The van der Waals surface area contributed by atoms with Crippen molar-refractivity contribution in [2.75, 3.05) is 11.4 Å². The van der Waals surface area contributed by atoms with Gasteiger partial charge in [-0.3, -0.25) is 18.6 Å². The van der Waals surface area contributed by atoms with Crippen LogP contribution in [0.25, 0.3) is 16.7 Å². The second-order valence-electron chi connectivity index (χ2n) is 7.94. The zero-order valence-corrected chi connectivity index (χ0v) is 20.0. The molecule has 0 bridgehead atoms. The molecular formula is C25H26N6O2S. The molecule has 2 aromatic heterocycles. The summed E-state index contributed by atoms with van der Waals surface area (Å²) in [5, 5.41) is 18.4. The maximum atomic E-state index is 13.4. The van der Waals surface area contributed by atoms with Crippen LogP contribution in [-0.2, 0) is 11.3 Å². The smallest absolute Gasteiger partial charge is 0.262 e. The number of hydrogen-bond acceptors (Lipinski definition) is 6. The Morgan fingerprint density at radius 3 is 2.62 bits per heavy atom. The van der Waals surface area contributed by atoms with Crippen LogP contribution in [0.5, 0.6) is 0 Å². The predicted molar refractivity (Wildman–Crippen MR) is 134 cm³/mol. The maximum Gasteiger partial charge on any atom is 0.262 e. The van der Waals surface area contributed by atoms with Crippen molar-refractivity contribution in [2.45, 2.75) is 50.1 Å². The van der Waals surface area contributed by atoms with Crippen molar-refractivity contribution >= 4 is 40.0 Å². The molecular weight excluding hydrogens is 448 g/mol. The number of aromatic nitrogens is 4. The Labute approximate surface area is 201 Å². The fourth-order valence-electron chi connectivity index (χ4n) is 3.89. The molecule has 0 aliphatic heterocycles. The molecule has 0 saturated heterocycles. The van der Waals surface area contributed by atoms with Gasteiger partial charge in [0.05, 0.1) is 28.6 Å². The molecule has 4 aromatic rings. The van der Waals surface area contributed by atoms with Gasteiger partial charge >= 0.3 is 0 Å². The average molecular weight is 475 g/mol. The molecule has 174 valence electrons. The van der Waals surface area contributed by atoms with Crippen LogP contribution in [0.4, 0.5) is 5.69 Å². The van der Waals surface area contributed by atoms with Gasteiger partial charge in [-0.2, -0.15) is 5.26 Å². The molecule has 2 heterocycles. The van der Waals surface area contributed by atoms with Crippen LogP contribution in [0, 0.1) is 11.3 Å². The molecule has 1 unspecified atom stereocenters. The van der Waals surface area contributed by atoms with Gasteiger partial charge in [-0.25, -0.2) is 0 Å². The van der Waals surface area contributed by atoms with Gasteiger partial charge in [0.25, 0.3) is 5.56 Å². The first-order valence-corrected chi connectivity index (χ1v) is 12.2. The summed E-state index contributed by atoms with van der Waals surface area (Å²) in [6.45, 7) is 4.76. The second kappa shape index (κ2) is 10.5. The zero-order chi connectivity index (χ0) is 24.1. The Morgan fingerprint density at radius 1 is 1.15 bits per heavy atom. The minimum absolute atomic E-state index is 0.0867. The fourth-order valence-corrected chi connectivity index (χ4v) is 4.81. The Hall–Kier alpha value is -3.64. The van der Waals surface area contributed by atoms with Crippen molar-refractivity contribution in [3.05, 3.63) is 65.0 Å². The van der Waals surface area contributed by atoms with E-state index < -0.39 is 5.25 Å². The van der Waals surface area contributed by atoms with E-state index in [0.717, 1.165) is 18.5 Å². The summed E-state index contributed by atoms with van der Waals surface area (Å²) in [6, 6.07) is 18.9. The highest BCUT2D eigenvalue weighted by atomic mass is 32.2. The minimum atomic E-state index is -0.485. The number of aryl methyl sites for hydroxylation is 1. The summed E-state index contributed by atoms with van der Waals surface area (Å²) in [4.78, 5) is 28.2. The van der Waals surface area contributed by atoms with E-state index in [2.05, 4.69) is 23.2 Å². The zero-order valence-electron chi connectivity index (χ0n) is 19.2. The predicted octanol–water partition coefficient (Wildman–Crippen LogP) is 4.27. The molecule has 4 rings (SSSR count). The summed E-state index contributed by atoms with van der Waals surface area (Å²) in [6.07, 6.45) is 2.04. The molecule has 1 amide bonds. The van der Waals surface area contributed by atoms with E-state index in [1.807, 2.05) is 65.9 Å². The Bertz CT molecular complexity index is 1410. The number of nitriles is 1. The SMILES string of the molecule is CCCCn1c(=O)c2ccccc2n2c(SC(C)C(=O)N(CCC#N)c3ccccc3)nnc12. The molecule has 0 aliphatic rings. The van der Waals surface area contributed by atoms with Gasteiger partial charge in [0.15, 0.2) is 5.16 Å². The summed E-state index contributed by atoms with van der Waals surface area (Å²) in [5.74, 6) is 0.357. The van der Waals surface area contributed by atoms with Crippen LogP contribution in [0.1, 0.15) is 33.1 Å². The van der Waals surface area contributed by atoms with E-state index in [4.69, 9.17) is 5.26 Å². The molecule has 2 aromatic carbocycles. The first-order chi connectivity index (χ1) is 16.6. The summed E-state index contributed by atoms with van der Waals surface area (Å²) < 4.78 is 3.53. The van der Waals surface area contributed by atoms with E-state index in [9.17, 15) is 9.59 Å². The number of amides is 1. The average Bonchev–Trinajstić information content (AvgIpc) is 3.28. The lowest BCUT2D eigenvalue weighted by Crippen LogP contribution is -2.37. The third-order valence-electron chi connectivity index (χ3n) is 5.62. The van der Waals surface area contributed by atoms with Gasteiger partial charge in [-0.1, -0.05) is 55.4 Å². The van der Waals surface area contributed by atoms with Gasteiger partial charge in [-0.15, -0.1) is 10.2 Å². The number of unbranched alkanes of at least 4 members (excludes halogenated alkanes) is 1. The van der Waals surface area contributed by atoms with Gasteiger partial charge in [0.1, 0.15) is 0 Å². The van der Waals surface area contributed by atoms with E-state index in [0.29, 0.717) is 34.9 Å². The first-order valence-electron chi connectivity index (χ1n) is 11.3. The topological polar surface area (TPSA) is 96.3 Å². The normalized spacial score (nSPS) is 12.0. The number of para-hydroxylation sites is 2. The fraction of sp³-hybridized carbons (Fsp3) is 0.320. The number of anilines is 1. The van der Waals surface area contributed by atoms with Crippen LogP contribution in [0.3, 0.4) is 0 Å². The summed E-state index contributed by atoms with van der Waals surface area (Å²) in [5.41, 5.74) is 1.38. The van der Waals surface area contributed by atoms with Gasteiger partial charge in [-0.05, 0) is 37.6 Å². The monoisotopic (exact) mass is 474 g/mol. The number of fused-ring (bicyclic) bond motifs is 3. The number of carbonyl (C=O) groups is 1. The summed E-state index contributed by atoms with van der Waals surface area (Å²) >= 11 is 1.30. The highest BCUT2D eigenvalue weighted by molar-refractivity contribution is 8.00. The van der Waals surface area contributed by atoms with Crippen molar-refractivity contribution < 1.29 is 4.79 Å². The third-order valence-corrected chi connectivity index (χ3v) is 6.65. The van der Waals surface area contributed by atoms with Crippen molar-refractivity contribution in [1.29, 1.82) is 5.26 Å². The van der Waals surface area contributed by atoms with Crippen molar-refractivity contribution in [3.63, 3.8) is 0 Å². The van der Waals surface area contributed by atoms with E-state index in [1.165, 1.54) is 11.8 Å². The van der Waals surface area contributed by atoms with Crippen LogP contribution in [0.2, 0.25) is 0 Å². The molecule has 34 heavy (non-hydrogen) atoms. The molecule has 0 radical (unpaired) electrons. The highest BCUT2D eigenvalue weighted by Gasteiger charge is 2.26. The molecule has 0 fully saturated rings. The van der Waals surface area contributed by atoms with Crippen molar-refractivity contribution in [1.82, 2.24) is 19.2 Å². The van der Waals surface area contributed by atoms with Crippen LogP contribution < -0.4 is 10.5 Å². The van der Waals surface area contributed by atoms with Crippen LogP contribution in [0.15, 0.2) is 64.5 Å². The minimum Gasteiger partial charge on any atom is -0.310 e. The second-order valence-corrected chi connectivity index (χ2v) is 9.25. The molecule has 8 nitrogen and oxygen atoms in total. The Morgan fingerprint density at radius 2 is 1.88 bits per heavy atom. The number of benzene rings is 2. The Balaban J connectivity index is 1.73. The lowest BCUT2D eigenvalue weighted by molar-refractivity contribution is -0.117. The van der Waals surface area contributed by atoms with Crippen LogP contribution >= 0.6 is 11.8 Å². The number of carbonyl (C=O) groups excluding carboxylic acids is 1. The first kappa shape index (κ1) is 23.5. The molecule has 9 heteroatoms. The van der Waals surface area contributed by atoms with E-state index in [-0.39, 0.29) is 17.9 Å². The Kier molecular flexibility index (Phi) is 7.28. The lowest BCUT2D eigenvalue weighted by atomic mass is 10.2. The number of hydrogen-bond donors (Lipinski definition) is 0. The number of thioether (sulfide) groups is 1. The standard InChI is InChI=1S/C25H26N6O2S/c1-3-4-16-30-23(33)20-13-8-9-14-21(20)31-24(30)27-28-25(31)34-18(2)22(32)29(17-10-15-26)19-11-6-5-7-12-19/h5-9,11-14,18H,3-4,10,16-17H2,1-2H3. The van der Waals surface area contributed by atoms with Crippen molar-refractivity contribution in [3.8, 4) is 6.07 Å². The number of nitrogens with zero attached hydrogens (tertiary/aromatic N) is 6. The van der Waals surface area contributed by atoms with E-state index >= 15 is 0 Å². The maximum absolute atomic E-state index is 13.4. The quantitative estimate of drug-likeness (QED) is 0.336. The van der Waals surface area contributed by atoms with Gasteiger partial charge < -0.3 is 4.90 Å². The highest BCUT2D eigenvalue weighted by Crippen LogP contribution is 2.27. The van der Waals surface area contributed by atoms with Gasteiger partial charge in [0, 0.05) is 18.8 Å². The lowest BCUT2D eigenvalue weighted by Gasteiger charge is -2.24. The molecule has 1 atom stereocenters. The summed E-state index contributed by atoms with van der Waals surface area (Å²) in [7, 11) is 0. The molecule has 0 spiro atoms. The molecule has 0 aliphatic carbocycles. The van der Waals surface area contributed by atoms with Gasteiger partial charge in [0.2, 0.25) is 11.7 Å². The number of rotatable bonds is 9. The largest absolute Gasteiger partial charge is 0.310 e.